The van der Waals surface area contributed by atoms with Crippen LogP contribution in [0.15, 0.2) is 58.2 Å². The first-order chi connectivity index (χ1) is 6.45. The van der Waals surface area contributed by atoms with Gasteiger partial charge in [-0.05, 0) is 29.2 Å². The molecule has 3 aliphatic rings. The zero-order valence-electron chi connectivity index (χ0n) is 7.10. The number of hydrogen-bond donors (Lipinski definition) is 0. The molecule has 13 heavy (non-hydrogen) atoms. The average Bonchev–Trinajstić information content (AvgIpc) is 2.19. The summed E-state index contributed by atoms with van der Waals surface area (Å²) in [5, 5.41) is 2.15. The number of hydrogen-bond acceptors (Lipinski definition) is 2. The summed E-state index contributed by atoms with van der Waals surface area (Å²) in [7, 11) is 0. The summed E-state index contributed by atoms with van der Waals surface area (Å²) in [5.41, 5.74) is 2.71. The smallest absolute Gasteiger partial charge is 0.0624 e. The van der Waals surface area contributed by atoms with Gasteiger partial charge in [0, 0.05) is 17.6 Å². The van der Waals surface area contributed by atoms with Gasteiger partial charge in [-0.25, -0.2) is 0 Å². The van der Waals surface area contributed by atoms with Crippen molar-refractivity contribution in [1.29, 1.82) is 0 Å². The lowest BCUT2D eigenvalue weighted by Gasteiger charge is -2.31. The molecule has 0 aromatic carbocycles. The molecule has 3 heterocycles. The zero-order valence-corrected chi connectivity index (χ0v) is 7.92. The van der Waals surface area contributed by atoms with Crippen LogP contribution in [0.25, 0.3) is 0 Å². The Morgan fingerprint density at radius 1 is 1.31 bits per heavy atom. The Morgan fingerprint density at radius 3 is 3.31 bits per heavy atom. The van der Waals surface area contributed by atoms with Gasteiger partial charge in [-0.15, -0.1) is 0 Å². The van der Waals surface area contributed by atoms with E-state index in [1.54, 1.807) is 11.8 Å². The number of nitrogens with zero attached hydrogens (tertiary/aromatic N) is 1. The van der Waals surface area contributed by atoms with E-state index < -0.39 is 0 Å². The van der Waals surface area contributed by atoms with E-state index in [1.165, 1.54) is 16.2 Å². The quantitative estimate of drug-likeness (QED) is 0.573. The van der Waals surface area contributed by atoms with Gasteiger partial charge in [0.15, 0.2) is 0 Å². The molecule has 0 aliphatic carbocycles. The number of rotatable bonds is 0. The fourth-order valence-electron chi connectivity index (χ4n) is 1.77. The molecular weight excluding hydrogens is 178 g/mol. The second-order valence-corrected chi connectivity index (χ2v) is 4.10. The maximum Gasteiger partial charge on any atom is 0.0624 e. The molecule has 3 rings (SSSR count). The molecule has 0 unspecified atom stereocenters. The van der Waals surface area contributed by atoms with Crippen LogP contribution in [0, 0.1) is 0 Å². The molecule has 3 aliphatic heterocycles. The fraction of sp³-hybridized carbons (Fsp3) is 0.0909. The van der Waals surface area contributed by atoms with Gasteiger partial charge in [-0.1, -0.05) is 23.9 Å². The summed E-state index contributed by atoms with van der Waals surface area (Å²) in [6.45, 7) is 1.00. The summed E-state index contributed by atoms with van der Waals surface area (Å²) >= 11 is 1.80. The van der Waals surface area contributed by atoms with Crippen LogP contribution in [0.5, 0.6) is 0 Å². The maximum absolute atomic E-state index is 2.29. The standard InChI is InChI=1S/C11H9NS/c1-3-9-5-8-13-10-4-2-7-12(6-1)11(9)10/h1-6,8H,7H2. The summed E-state index contributed by atoms with van der Waals surface area (Å²) in [5.74, 6) is 0. The van der Waals surface area contributed by atoms with Crippen LogP contribution >= 0.6 is 11.8 Å². The molecule has 0 radical (unpaired) electrons. The van der Waals surface area contributed by atoms with Gasteiger partial charge in [0.05, 0.1) is 5.70 Å². The first kappa shape index (κ1) is 7.27. The molecule has 0 atom stereocenters. The Hall–Kier alpha value is -1.15. The van der Waals surface area contributed by atoms with Gasteiger partial charge >= 0.3 is 0 Å². The fourth-order valence-corrected chi connectivity index (χ4v) is 2.65. The predicted octanol–water partition coefficient (Wildman–Crippen LogP) is 2.78. The lowest BCUT2D eigenvalue weighted by Crippen LogP contribution is -2.23. The van der Waals surface area contributed by atoms with E-state index in [0.717, 1.165) is 6.54 Å². The highest BCUT2D eigenvalue weighted by molar-refractivity contribution is 8.06. The summed E-state index contributed by atoms with van der Waals surface area (Å²) in [6, 6.07) is 0. The first-order valence-electron chi connectivity index (χ1n) is 4.35. The van der Waals surface area contributed by atoms with Gasteiger partial charge < -0.3 is 4.90 Å². The van der Waals surface area contributed by atoms with Crippen molar-refractivity contribution in [2.24, 2.45) is 0 Å². The van der Waals surface area contributed by atoms with E-state index in [4.69, 9.17) is 0 Å². The highest BCUT2D eigenvalue weighted by Crippen LogP contribution is 2.38. The third-order valence-electron chi connectivity index (χ3n) is 2.35. The Kier molecular flexibility index (Phi) is 1.49. The lowest BCUT2D eigenvalue weighted by molar-refractivity contribution is 0.516. The van der Waals surface area contributed by atoms with E-state index in [2.05, 4.69) is 46.9 Å². The van der Waals surface area contributed by atoms with Crippen molar-refractivity contribution < 1.29 is 0 Å². The van der Waals surface area contributed by atoms with Crippen LogP contribution in [-0.4, -0.2) is 11.4 Å². The highest BCUT2D eigenvalue weighted by atomic mass is 32.2. The van der Waals surface area contributed by atoms with Crippen LogP contribution in [0.3, 0.4) is 0 Å². The molecule has 0 saturated carbocycles. The number of allylic oxidation sites excluding steroid dienone is 4. The van der Waals surface area contributed by atoms with Crippen molar-refractivity contribution in [3.8, 4) is 0 Å². The Balaban J connectivity index is 2.19. The van der Waals surface area contributed by atoms with Gasteiger partial charge in [0.2, 0.25) is 0 Å². The third-order valence-corrected chi connectivity index (χ3v) is 3.21. The molecule has 0 amide bonds. The van der Waals surface area contributed by atoms with Crippen molar-refractivity contribution in [3.63, 3.8) is 0 Å². The molecule has 0 aromatic heterocycles. The van der Waals surface area contributed by atoms with Crippen molar-refractivity contribution in [3.05, 3.63) is 58.2 Å². The van der Waals surface area contributed by atoms with Crippen LogP contribution in [0.1, 0.15) is 0 Å². The third kappa shape index (κ3) is 1.02. The molecule has 0 bridgehead atoms. The Labute approximate surface area is 81.8 Å². The van der Waals surface area contributed by atoms with Gasteiger partial charge in [-0.2, -0.15) is 0 Å². The van der Waals surface area contributed by atoms with E-state index >= 15 is 0 Å². The Bertz CT molecular complexity index is 396. The van der Waals surface area contributed by atoms with Crippen molar-refractivity contribution in [2.75, 3.05) is 6.54 Å². The first-order valence-corrected chi connectivity index (χ1v) is 5.23. The molecule has 0 spiro atoms. The Morgan fingerprint density at radius 2 is 2.31 bits per heavy atom. The van der Waals surface area contributed by atoms with Crippen LogP contribution in [0.4, 0.5) is 0 Å². The minimum Gasteiger partial charge on any atom is -0.343 e. The predicted molar refractivity (Wildman–Crippen MR) is 56.8 cm³/mol. The molecule has 2 heteroatoms. The van der Waals surface area contributed by atoms with Crippen molar-refractivity contribution in [2.45, 2.75) is 0 Å². The minimum absolute atomic E-state index is 1.00. The molecule has 0 aromatic rings. The van der Waals surface area contributed by atoms with E-state index in [0.29, 0.717) is 0 Å². The normalized spacial score (nSPS) is 23.4. The molecule has 0 saturated heterocycles. The number of thioether (sulfide) groups is 1. The topological polar surface area (TPSA) is 3.24 Å². The van der Waals surface area contributed by atoms with Crippen molar-refractivity contribution in [1.82, 2.24) is 4.90 Å². The van der Waals surface area contributed by atoms with Crippen LogP contribution in [-0.2, 0) is 0 Å². The van der Waals surface area contributed by atoms with Crippen molar-refractivity contribution >= 4 is 11.8 Å². The molecule has 64 valence electrons. The van der Waals surface area contributed by atoms with Gasteiger partial charge in [0.25, 0.3) is 0 Å². The molecular formula is C11H9NS. The van der Waals surface area contributed by atoms with E-state index in [9.17, 15) is 0 Å². The second-order valence-electron chi connectivity index (χ2n) is 3.15. The SMILES string of the molecule is C1=CN2CC=CC3=C2C(=C1)C=CS3. The summed E-state index contributed by atoms with van der Waals surface area (Å²) in [4.78, 5) is 3.66. The largest absolute Gasteiger partial charge is 0.343 e. The average molecular weight is 187 g/mol. The lowest BCUT2D eigenvalue weighted by atomic mass is 10.1. The summed E-state index contributed by atoms with van der Waals surface area (Å²) in [6.07, 6.45) is 13.0. The zero-order chi connectivity index (χ0) is 8.67. The van der Waals surface area contributed by atoms with E-state index in [-0.39, 0.29) is 0 Å². The minimum atomic E-state index is 1.00. The van der Waals surface area contributed by atoms with Gasteiger partial charge in [0.1, 0.15) is 0 Å². The molecule has 0 fully saturated rings. The van der Waals surface area contributed by atoms with Crippen LogP contribution in [0.2, 0.25) is 0 Å². The molecule has 0 N–H and O–H groups in total. The monoisotopic (exact) mass is 187 g/mol. The maximum atomic E-state index is 2.29. The second kappa shape index (κ2) is 2.67. The highest BCUT2D eigenvalue weighted by Gasteiger charge is 2.21. The van der Waals surface area contributed by atoms with Gasteiger partial charge in [-0.3, -0.25) is 0 Å². The van der Waals surface area contributed by atoms with E-state index in [1.807, 2.05) is 0 Å². The summed E-state index contributed by atoms with van der Waals surface area (Å²) < 4.78 is 0. The van der Waals surface area contributed by atoms with Crippen LogP contribution < -0.4 is 0 Å². The molecule has 1 nitrogen and oxygen atoms in total.